The number of benzene rings is 1. The second-order valence-corrected chi connectivity index (χ2v) is 6.20. The minimum Gasteiger partial charge on any atom is -0.383 e. The van der Waals surface area contributed by atoms with Crippen molar-refractivity contribution in [2.45, 2.75) is 20.0 Å². The van der Waals surface area contributed by atoms with E-state index in [1.165, 1.54) is 0 Å². The van der Waals surface area contributed by atoms with E-state index in [0.717, 1.165) is 33.5 Å². The molecule has 0 saturated heterocycles. The Morgan fingerprint density at radius 2 is 1.96 bits per heavy atom. The van der Waals surface area contributed by atoms with Crippen LogP contribution < -0.4 is 5.73 Å². The average Bonchev–Trinajstić information content (AvgIpc) is 2.67. The first-order valence-electron chi connectivity index (χ1n) is 8.36. The quantitative estimate of drug-likeness (QED) is 0.768. The summed E-state index contributed by atoms with van der Waals surface area (Å²) in [4.78, 5) is 13.4. The van der Waals surface area contributed by atoms with E-state index in [-0.39, 0.29) is 5.82 Å². The van der Waals surface area contributed by atoms with E-state index in [2.05, 4.69) is 21.0 Å². The fraction of sp³-hybridized carbons (Fsp3) is 0.200. The number of aromatic nitrogens is 3. The molecule has 2 aromatic heterocycles. The van der Waals surface area contributed by atoms with Crippen LogP contribution in [0.1, 0.15) is 22.4 Å². The third kappa shape index (κ3) is 2.68. The van der Waals surface area contributed by atoms with E-state index in [1.54, 1.807) is 12.4 Å². The number of pyridine rings is 1. The molecule has 128 valence electrons. The lowest BCUT2D eigenvalue weighted by Crippen LogP contribution is -2.16. The number of nitrogens with two attached hydrogens (primary N) is 1. The molecule has 0 spiro atoms. The molecule has 0 bridgehead atoms. The number of nitriles is 1. The monoisotopic (exact) mass is 343 g/mol. The van der Waals surface area contributed by atoms with Crippen LogP contribution in [-0.4, -0.2) is 21.6 Å². The van der Waals surface area contributed by atoms with Gasteiger partial charge in [-0.1, -0.05) is 24.3 Å². The predicted octanol–water partition coefficient (Wildman–Crippen LogP) is 3.04. The van der Waals surface area contributed by atoms with Crippen LogP contribution in [0.5, 0.6) is 0 Å². The van der Waals surface area contributed by atoms with Crippen molar-refractivity contribution in [2.24, 2.45) is 0 Å². The molecule has 26 heavy (non-hydrogen) atoms. The average molecular weight is 343 g/mol. The molecule has 6 nitrogen and oxygen atoms in total. The van der Waals surface area contributed by atoms with Crippen LogP contribution >= 0.6 is 0 Å². The Balaban J connectivity index is 1.85. The molecule has 2 N–H and O–H groups in total. The highest BCUT2D eigenvalue weighted by Gasteiger charge is 2.23. The molecule has 0 saturated carbocycles. The number of ether oxygens (including phenoxy) is 1. The van der Waals surface area contributed by atoms with Gasteiger partial charge < -0.3 is 10.5 Å². The Morgan fingerprint density at radius 1 is 1.19 bits per heavy atom. The van der Waals surface area contributed by atoms with Gasteiger partial charge >= 0.3 is 0 Å². The minimum absolute atomic E-state index is 0.242. The second kappa shape index (κ2) is 6.54. The molecule has 3 aromatic rings. The zero-order valence-electron chi connectivity index (χ0n) is 14.4. The number of fused-ring (bicyclic) bond motifs is 1. The van der Waals surface area contributed by atoms with E-state index in [1.807, 2.05) is 31.2 Å². The lowest BCUT2D eigenvalue weighted by molar-refractivity contribution is 0.109. The van der Waals surface area contributed by atoms with Crippen molar-refractivity contribution < 1.29 is 4.74 Å². The highest BCUT2D eigenvalue weighted by molar-refractivity contribution is 5.79. The van der Waals surface area contributed by atoms with Gasteiger partial charge in [0.2, 0.25) is 0 Å². The SMILES string of the molecule is Cc1ccccc1-c1ncc(-c2c(C#N)c(N)nc3c2COCC3)cn1. The summed E-state index contributed by atoms with van der Waals surface area (Å²) in [5.41, 5.74) is 11.7. The van der Waals surface area contributed by atoms with Crippen LogP contribution in [0.15, 0.2) is 36.7 Å². The molecule has 0 radical (unpaired) electrons. The van der Waals surface area contributed by atoms with Crippen LogP contribution in [-0.2, 0) is 17.8 Å². The normalized spacial score (nSPS) is 13.1. The van der Waals surface area contributed by atoms with Crippen molar-refractivity contribution in [1.29, 1.82) is 5.26 Å². The van der Waals surface area contributed by atoms with E-state index in [9.17, 15) is 5.26 Å². The van der Waals surface area contributed by atoms with E-state index in [4.69, 9.17) is 10.5 Å². The van der Waals surface area contributed by atoms with E-state index >= 15 is 0 Å². The number of rotatable bonds is 2. The summed E-state index contributed by atoms with van der Waals surface area (Å²) in [6.45, 7) is 3.04. The maximum absolute atomic E-state index is 9.58. The lowest BCUT2D eigenvalue weighted by Gasteiger charge is -2.21. The molecular weight excluding hydrogens is 326 g/mol. The molecule has 3 heterocycles. The summed E-state index contributed by atoms with van der Waals surface area (Å²) in [5.74, 6) is 0.892. The van der Waals surface area contributed by atoms with E-state index in [0.29, 0.717) is 31.0 Å². The smallest absolute Gasteiger partial charge is 0.159 e. The Bertz CT molecular complexity index is 1020. The summed E-state index contributed by atoms with van der Waals surface area (Å²) in [6.07, 6.45) is 4.15. The van der Waals surface area contributed by atoms with Gasteiger partial charge in [0.05, 0.1) is 18.9 Å². The molecular formula is C20H17N5O. The maximum Gasteiger partial charge on any atom is 0.159 e. The molecule has 4 rings (SSSR count). The van der Waals surface area contributed by atoms with Gasteiger partial charge in [0.1, 0.15) is 17.5 Å². The zero-order chi connectivity index (χ0) is 18.1. The highest BCUT2D eigenvalue weighted by Crippen LogP contribution is 2.34. The van der Waals surface area contributed by atoms with Crippen LogP contribution in [0.25, 0.3) is 22.5 Å². The molecule has 6 heteroatoms. The molecule has 0 unspecified atom stereocenters. The van der Waals surface area contributed by atoms with Gasteiger partial charge in [0.25, 0.3) is 0 Å². The van der Waals surface area contributed by atoms with Gasteiger partial charge in [-0.15, -0.1) is 0 Å². The highest BCUT2D eigenvalue weighted by atomic mass is 16.5. The van der Waals surface area contributed by atoms with Crippen molar-refractivity contribution >= 4 is 5.82 Å². The number of nitrogen functional groups attached to an aromatic ring is 1. The molecule has 1 aliphatic rings. The third-order valence-corrected chi connectivity index (χ3v) is 4.58. The molecule has 0 fully saturated rings. The third-order valence-electron chi connectivity index (χ3n) is 4.58. The number of anilines is 1. The molecule has 0 aliphatic carbocycles. The van der Waals surface area contributed by atoms with Crippen LogP contribution in [0.4, 0.5) is 5.82 Å². The van der Waals surface area contributed by atoms with Gasteiger partial charge in [-0.05, 0) is 12.5 Å². The maximum atomic E-state index is 9.58. The van der Waals surface area contributed by atoms with Gasteiger partial charge in [-0.3, -0.25) is 0 Å². The second-order valence-electron chi connectivity index (χ2n) is 6.20. The number of nitrogens with zero attached hydrogens (tertiary/aromatic N) is 4. The van der Waals surface area contributed by atoms with Crippen LogP contribution in [0.3, 0.4) is 0 Å². The van der Waals surface area contributed by atoms with Crippen LogP contribution in [0.2, 0.25) is 0 Å². The van der Waals surface area contributed by atoms with Gasteiger partial charge in [0, 0.05) is 41.1 Å². The Morgan fingerprint density at radius 3 is 2.69 bits per heavy atom. The Labute approximate surface area is 151 Å². The van der Waals surface area contributed by atoms with Gasteiger partial charge in [0.15, 0.2) is 5.82 Å². The molecule has 0 atom stereocenters. The standard InChI is InChI=1S/C20H17N5O/c1-12-4-2-3-5-14(12)20-23-9-13(10-24-20)18-15(8-21)19(22)25-17-6-7-26-11-16(17)18/h2-5,9-10H,6-7,11H2,1H3,(H2,22,25). The van der Waals surface area contributed by atoms with E-state index < -0.39 is 0 Å². The Kier molecular flexibility index (Phi) is 4.07. The molecule has 0 amide bonds. The first-order valence-corrected chi connectivity index (χ1v) is 8.36. The molecule has 1 aromatic carbocycles. The molecule has 1 aliphatic heterocycles. The fourth-order valence-electron chi connectivity index (χ4n) is 3.25. The largest absolute Gasteiger partial charge is 0.383 e. The van der Waals surface area contributed by atoms with Gasteiger partial charge in [-0.25, -0.2) is 15.0 Å². The summed E-state index contributed by atoms with van der Waals surface area (Å²) in [6, 6.07) is 10.1. The summed E-state index contributed by atoms with van der Waals surface area (Å²) in [5, 5.41) is 9.58. The summed E-state index contributed by atoms with van der Waals surface area (Å²) < 4.78 is 5.58. The first kappa shape index (κ1) is 16.2. The number of aryl methyl sites for hydroxylation is 1. The fourth-order valence-corrected chi connectivity index (χ4v) is 3.25. The number of hydrogen-bond acceptors (Lipinski definition) is 6. The van der Waals surface area contributed by atoms with Gasteiger partial charge in [-0.2, -0.15) is 5.26 Å². The van der Waals surface area contributed by atoms with Crippen molar-refractivity contribution in [3.63, 3.8) is 0 Å². The van der Waals surface area contributed by atoms with Crippen molar-refractivity contribution in [1.82, 2.24) is 15.0 Å². The van der Waals surface area contributed by atoms with Crippen molar-refractivity contribution in [3.8, 4) is 28.6 Å². The lowest BCUT2D eigenvalue weighted by atomic mass is 9.94. The summed E-state index contributed by atoms with van der Waals surface area (Å²) in [7, 11) is 0. The predicted molar refractivity (Wildman–Crippen MR) is 97.9 cm³/mol. The van der Waals surface area contributed by atoms with Crippen LogP contribution in [0, 0.1) is 18.3 Å². The van der Waals surface area contributed by atoms with Crippen molar-refractivity contribution in [2.75, 3.05) is 12.3 Å². The summed E-state index contributed by atoms with van der Waals surface area (Å²) >= 11 is 0. The zero-order valence-corrected chi connectivity index (χ0v) is 14.4. The minimum atomic E-state index is 0.242. The number of hydrogen-bond donors (Lipinski definition) is 1. The Hall–Kier alpha value is -3.30. The first-order chi connectivity index (χ1) is 12.7. The van der Waals surface area contributed by atoms with Crippen molar-refractivity contribution in [3.05, 3.63) is 59.0 Å². The topological polar surface area (TPSA) is 97.7 Å².